The quantitative estimate of drug-likeness (QED) is 0.296. The standard InChI is InChI=1S/C29H24ClN5O4/c1-38-24-12-15(10-16-14-33-29(32)35-28(16)31)11-20(27(24)39-2)18-8-5-9-21(25(18)30)34-22-13-23(36)17-6-3-4-7-19(17)26(22)37/h3-9,11-14,34H,10H2,1-2H3,(H4,31,32,33,35). The number of anilines is 3. The smallest absolute Gasteiger partial charge is 0.221 e. The molecule has 5 rings (SSSR count). The first-order chi connectivity index (χ1) is 18.8. The Bertz CT molecular complexity index is 1670. The molecule has 0 amide bonds. The van der Waals surface area contributed by atoms with Gasteiger partial charge in [-0.2, -0.15) is 4.98 Å². The van der Waals surface area contributed by atoms with Crippen LogP contribution in [0.5, 0.6) is 11.5 Å². The molecule has 1 aliphatic rings. The van der Waals surface area contributed by atoms with Gasteiger partial charge in [-0.1, -0.05) is 48.0 Å². The summed E-state index contributed by atoms with van der Waals surface area (Å²) in [5.74, 6) is 0.781. The molecule has 0 bridgehead atoms. The van der Waals surface area contributed by atoms with Gasteiger partial charge < -0.3 is 26.3 Å². The van der Waals surface area contributed by atoms with Crippen LogP contribution in [0.25, 0.3) is 11.1 Å². The lowest BCUT2D eigenvalue weighted by atomic mass is 9.92. The molecule has 3 aromatic carbocycles. The second kappa shape index (κ2) is 10.5. The van der Waals surface area contributed by atoms with E-state index in [1.54, 1.807) is 49.7 Å². The average molecular weight is 542 g/mol. The number of nitrogen functional groups attached to an aromatic ring is 2. The summed E-state index contributed by atoms with van der Waals surface area (Å²) in [7, 11) is 3.08. The van der Waals surface area contributed by atoms with Crippen molar-refractivity contribution in [2.24, 2.45) is 0 Å². The minimum Gasteiger partial charge on any atom is -0.493 e. The zero-order valence-electron chi connectivity index (χ0n) is 21.1. The lowest BCUT2D eigenvalue weighted by Gasteiger charge is -2.20. The van der Waals surface area contributed by atoms with E-state index in [9.17, 15) is 9.59 Å². The highest BCUT2D eigenvalue weighted by Crippen LogP contribution is 2.44. The number of nitrogens with zero attached hydrogens (tertiary/aromatic N) is 2. The van der Waals surface area contributed by atoms with Crippen LogP contribution in [-0.4, -0.2) is 35.8 Å². The van der Waals surface area contributed by atoms with Gasteiger partial charge in [0.05, 0.1) is 30.6 Å². The number of hydrogen-bond donors (Lipinski definition) is 3. The summed E-state index contributed by atoms with van der Waals surface area (Å²) in [5, 5.41) is 3.38. The van der Waals surface area contributed by atoms with Crippen molar-refractivity contribution in [3.8, 4) is 22.6 Å². The van der Waals surface area contributed by atoms with Gasteiger partial charge in [0, 0.05) is 46.5 Å². The van der Waals surface area contributed by atoms with Crippen LogP contribution >= 0.6 is 11.6 Å². The SMILES string of the molecule is COc1cc(Cc2cnc(N)nc2N)cc(-c2cccc(NC3=CC(=O)c4ccccc4C3=O)c2Cl)c1OC. The molecule has 0 radical (unpaired) electrons. The van der Waals surface area contributed by atoms with Crippen LogP contribution in [0.3, 0.4) is 0 Å². The van der Waals surface area contributed by atoms with Crippen molar-refractivity contribution in [2.75, 3.05) is 31.0 Å². The van der Waals surface area contributed by atoms with E-state index in [0.29, 0.717) is 56.4 Å². The van der Waals surface area contributed by atoms with Crippen LogP contribution < -0.4 is 26.3 Å². The van der Waals surface area contributed by atoms with Crippen molar-refractivity contribution in [3.05, 3.63) is 99.8 Å². The molecule has 0 fully saturated rings. The summed E-state index contributed by atoms with van der Waals surface area (Å²) in [6, 6.07) is 15.8. The van der Waals surface area contributed by atoms with Crippen molar-refractivity contribution >= 4 is 40.6 Å². The molecule has 1 aromatic heterocycles. The van der Waals surface area contributed by atoms with Crippen molar-refractivity contribution in [2.45, 2.75) is 6.42 Å². The Hall–Kier alpha value is -4.89. The first-order valence-electron chi connectivity index (χ1n) is 11.9. The third-order valence-electron chi connectivity index (χ3n) is 6.37. The molecule has 0 atom stereocenters. The number of methoxy groups -OCH3 is 2. The second-order valence-corrected chi connectivity index (χ2v) is 9.16. The number of benzene rings is 3. The topological polar surface area (TPSA) is 142 Å². The second-order valence-electron chi connectivity index (χ2n) is 8.78. The summed E-state index contributed by atoms with van der Waals surface area (Å²) in [6.45, 7) is 0. The predicted octanol–water partition coefficient (Wildman–Crippen LogP) is 4.94. The number of halogens is 1. The summed E-state index contributed by atoms with van der Waals surface area (Å²) >= 11 is 6.89. The number of rotatable bonds is 7. The van der Waals surface area contributed by atoms with E-state index >= 15 is 0 Å². The van der Waals surface area contributed by atoms with Gasteiger partial charge in [0.15, 0.2) is 17.3 Å². The molecular formula is C29H24ClN5O4. The number of Topliss-reactive ketones (excluding diaryl/α,β-unsaturated/α-hetero) is 1. The molecule has 0 spiro atoms. The molecule has 4 aromatic rings. The lowest BCUT2D eigenvalue weighted by Crippen LogP contribution is -2.21. The normalized spacial score (nSPS) is 12.5. The van der Waals surface area contributed by atoms with Gasteiger partial charge in [-0.3, -0.25) is 9.59 Å². The number of ketones is 2. The fourth-order valence-corrected chi connectivity index (χ4v) is 4.78. The van der Waals surface area contributed by atoms with E-state index in [1.165, 1.54) is 13.2 Å². The van der Waals surface area contributed by atoms with Crippen LogP contribution in [0.15, 0.2) is 72.6 Å². The fourth-order valence-electron chi connectivity index (χ4n) is 4.50. The van der Waals surface area contributed by atoms with Gasteiger partial charge in [0.2, 0.25) is 11.7 Å². The first-order valence-corrected chi connectivity index (χ1v) is 12.3. The van der Waals surface area contributed by atoms with E-state index < -0.39 is 0 Å². The molecule has 9 nitrogen and oxygen atoms in total. The van der Waals surface area contributed by atoms with Gasteiger partial charge in [0.25, 0.3) is 0 Å². The maximum atomic E-state index is 13.1. The highest BCUT2D eigenvalue weighted by molar-refractivity contribution is 6.36. The van der Waals surface area contributed by atoms with Gasteiger partial charge in [-0.25, -0.2) is 4.98 Å². The first kappa shape index (κ1) is 25.7. The number of nitrogens with one attached hydrogen (secondary N) is 1. The average Bonchev–Trinajstić information content (AvgIpc) is 2.93. The molecule has 0 saturated heterocycles. The summed E-state index contributed by atoms with van der Waals surface area (Å²) in [5.41, 5.74) is 15.8. The third kappa shape index (κ3) is 4.87. The van der Waals surface area contributed by atoms with Crippen molar-refractivity contribution in [1.82, 2.24) is 9.97 Å². The maximum Gasteiger partial charge on any atom is 0.221 e. The van der Waals surface area contributed by atoms with E-state index in [1.807, 2.05) is 18.2 Å². The molecule has 10 heteroatoms. The number of allylic oxidation sites excluding steroid dienone is 2. The van der Waals surface area contributed by atoms with Gasteiger partial charge in [-0.05, 0) is 23.8 Å². The maximum absolute atomic E-state index is 13.1. The van der Waals surface area contributed by atoms with Crippen LogP contribution in [0, 0.1) is 0 Å². The van der Waals surface area contributed by atoms with E-state index in [-0.39, 0.29) is 29.0 Å². The number of hydrogen-bond acceptors (Lipinski definition) is 9. The number of nitrogens with two attached hydrogens (primary N) is 2. The van der Waals surface area contributed by atoms with E-state index in [4.69, 9.17) is 32.5 Å². The zero-order chi connectivity index (χ0) is 27.7. The Morgan fingerprint density at radius 3 is 2.38 bits per heavy atom. The highest BCUT2D eigenvalue weighted by atomic mass is 35.5. The van der Waals surface area contributed by atoms with Gasteiger partial charge >= 0.3 is 0 Å². The largest absolute Gasteiger partial charge is 0.493 e. The van der Waals surface area contributed by atoms with Crippen molar-refractivity contribution in [1.29, 1.82) is 0 Å². The molecule has 0 saturated carbocycles. The Morgan fingerprint density at radius 1 is 0.923 bits per heavy atom. The number of ether oxygens (including phenoxy) is 2. The molecule has 0 aliphatic heterocycles. The molecular weight excluding hydrogens is 518 g/mol. The minimum atomic E-state index is -0.295. The zero-order valence-corrected chi connectivity index (χ0v) is 21.9. The molecule has 5 N–H and O–H groups in total. The summed E-state index contributed by atoms with van der Waals surface area (Å²) < 4.78 is 11.3. The van der Waals surface area contributed by atoms with Crippen molar-refractivity contribution < 1.29 is 19.1 Å². The Morgan fingerprint density at radius 2 is 1.67 bits per heavy atom. The molecule has 39 heavy (non-hydrogen) atoms. The Kier molecular flexibility index (Phi) is 6.91. The molecule has 1 heterocycles. The number of carbonyl (C=O) groups is 2. The highest BCUT2D eigenvalue weighted by Gasteiger charge is 2.26. The fraction of sp³-hybridized carbons (Fsp3) is 0.103. The minimum absolute atomic E-state index is 0.0945. The van der Waals surface area contributed by atoms with Gasteiger partial charge in [0.1, 0.15) is 5.82 Å². The number of carbonyl (C=O) groups excluding carboxylic acids is 2. The van der Waals surface area contributed by atoms with Crippen LogP contribution in [0.4, 0.5) is 17.5 Å². The summed E-state index contributed by atoms with van der Waals surface area (Å²) in [6.07, 6.45) is 3.27. The summed E-state index contributed by atoms with van der Waals surface area (Å²) in [4.78, 5) is 33.8. The van der Waals surface area contributed by atoms with Crippen LogP contribution in [0.2, 0.25) is 5.02 Å². The molecule has 1 aliphatic carbocycles. The van der Waals surface area contributed by atoms with E-state index in [0.717, 1.165) is 5.56 Å². The number of aromatic nitrogens is 2. The Balaban J connectivity index is 1.55. The third-order valence-corrected chi connectivity index (χ3v) is 6.77. The lowest BCUT2D eigenvalue weighted by molar-refractivity contribution is 0.0985. The molecule has 0 unspecified atom stereocenters. The predicted molar refractivity (Wildman–Crippen MR) is 150 cm³/mol. The number of fused-ring (bicyclic) bond motifs is 1. The monoisotopic (exact) mass is 541 g/mol. The Labute approximate surface area is 229 Å². The van der Waals surface area contributed by atoms with Crippen molar-refractivity contribution in [3.63, 3.8) is 0 Å². The van der Waals surface area contributed by atoms with Crippen LogP contribution in [0.1, 0.15) is 31.8 Å². The van der Waals surface area contributed by atoms with Gasteiger partial charge in [-0.15, -0.1) is 0 Å². The van der Waals surface area contributed by atoms with Crippen LogP contribution in [-0.2, 0) is 6.42 Å². The van der Waals surface area contributed by atoms with E-state index in [2.05, 4.69) is 15.3 Å². The molecule has 196 valence electrons.